The Morgan fingerprint density at radius 2 is 2.17 bits per heavy atom. The van der Waals surface area contributed by atoms with E-state index in [2.05, 4.69) is 21.2 Å². The van der Waals surface area contributed by atoms with Crippen LogP contribution in [0.2, 0.25) is 0 Å². The average Bonchev–Trinajstić information content (AvgIpc) is 2.39. The van der Waals surface area contributed by atoms with E-state index in [0.29, 0.717) is 11.5 Å². The fourth-order valence-electron chi connectivity index (χ4n) is 2.46. The van der Waals surface area contributed by atoms with Crippen molar-refractivity contribution < 1.29 is 9.18 Å². The van der Waals surface area contributed by atoms with E-state index in [1.807, 2.05) is 0 Å². The first kappa shape index (κ1) is 13.5. The van der Waals surface area contributed by atoms with Crippen LogP contribution >= 0.6 is 15.9 Å². The lowest BCUT2D eigenvalue weighted by molar-refractivity contribution is 0.0911. The van der Waals surface area contributed by atoms with Gasteiger partial charge < -0.3 is 5.32 Å². The van der Waals surface area contributed by atoms with Crippen molar-refractivity contribution in [2.45, 2.75) is 31.7 Å². The smallest absolute Gasteiger partial charge is 0.251 e. The zero-order valence-electron chi connectivity index (χ0n) is 10.2. The SMILES string of the molecule is O=C(NC1CCCCC1CBr)c1cccc(F)c1. The summed E-state index contributed by atoms with van der Waals surface area (Å²) < 4.78 is 13.1. The molecular formula is C14H17BrFNO. The predicted molar refractivity (Wildman–Crippen MR) is 73.4 cm³/mol. The number of halogens is 2. The van der Waals surface area contributed by atoms with Gasteiger partial charge in [-0.1, -0.05) is 34.8 Å². The van der Waals surface area contributed by atoms with E-state index < -0.39 is 0 Å². The van der Waals surface area contributed by atoms with Gasteiger partial charge in [0, 0.05) is 16.9 Å². The van der Waals surface area contributed by atoms with Crippen molar-refractivity contribution in [2.24, 2.45) is 5.92 Å². The Labute approximate surface area is 115 Å². The van der Waals surface area contributed by atoms with Crippen molar-refractivity contribution in [1.29, 1.82) is 0 Å². The van der Waals surface area contributed by atoms with E-state index in [1.54, 1.807) is 12.1 Å². The molecule has 4 heteroatoms. The van der Waals surface area contributed by atoms with E-state index in [9.17, 15) is 9.18 Å². The van der Waals surface area contributed by atoms with Gasteiger partial charge in [-0.05, 0) is 37.0 Å². The molecule has 0 saturated heterocycles. The molecule has 0 radical (unpaired) electrons. The van der Waals surface area contributed by atoms with Crippen molar-refractivity contribution in [1.82, 2.24) is 5.32 Å². The number of nitrogens with one attached hydrogen (secondary N) is 1. The van der Waals surface area contributed by atoms with Crippen molar-refractivity contribution in [2.75, 3.05) is 5.33 Å². The first-order valence-corrected chi connectivity index (χ1v) is 7.45. The summed E-state index contributed by atoms with van der Waals surface area (Å²) in [5, 5.41) is 3.93. The molecule has 1 fully saturated rings. The lowest BCUT2D eigenvalue weighted by atomic mass is 9.86. The van der Waals surface area contributed by atoms with Crippen molar-refractivity contribution >= 4 is 21.8 Å². The van der Waals surface area contributed by atoms with Gasteiger partial charge in [0.25, 0.3) is 5.91 Å². The van der Waals surface area contributed by atoms with Crippen LogP contribution in [0.25, 0.3) is 0 Å². The first-order valence-electron chi connectivity index (χ1n) is 6.33. The largest absolute Gasteiger partial charge is 0.349 e. The van der Waals surface area contributed by atoms with Gasteiger partial charge in [-0.3, -0.25) is 4.79 Å². The van der Waals surface area contributed by atoms with Crippen LogP contribution in [-0.4, -0.2) is 17.3 Å². The Morgan fingerprint density at radius 1 is 1.39 bits per heavy atom. The van der Waals surface area contributed by atoms with Crippen LogP contribution in [0.3, 0.4) is 0 Å². The van der Waals surface area contributed by atoms with Crippen LogP contribution in [-0.2, 0) is 0 Å². The quantitative estimate of drug-likeness (QED) is 0.850. The van der Waals surface area contributed by atoms with Crippen molar-refractivity contribution in [3.8, 4) is 0 Å². The van der Waals surface area contributed by atoms with Crippen LogP contribution in [0.15, 0.2) is 24.3 Å². The zero-order valence-corrected chi connectivity index (χ0v) is 11.7. The maximum absolute atomic E-state index is 13.1. The average molecular weight is 314 g/mol. The summed E-state index contributed by atoms with van der Waals surface area (Å²) in [6.45, 7) is 0. The molecule has 2 rings (SSSR count). The van der Waals surface area contributed by atoms with Crippen LogP contribution in [0.4, 0.5) is 4.39 Å². The highest BCUT2D eigenvalue weighted by molar-refractivity contribution is 9.09. The minimum Gasteiger partial charge on any atom is -0.349 e. The number of hydrogen-bond donors (Lipinski definition) is 1. The number of alkyl halides is 1. The third kappa shape index (κ3) is 3.31. The summed E-state index contributed by atoms with van der Waals surface area (Å²) in [5.74, 6) is -0.0630. The van der Waals surface area contributed by atoms with Gasteiger partial charge in [-0.2, -0.15) is 0 Å². The summed E-state index contributed by atoms with van der Waals surface area (Å²) in [6, 6.07) is 6.03. The minimum atomic E-state index is -0.372. The molecule has 0 spiro atoms. The van der Waals surface area contributed by atoms with Crippen molar-refractivity contribution in [3.05, 3.63) is 35.6 Å². The molecule has 1 amide bonds. The van der Waals surface area contributed by atoms with Gasteiger partial charge >= 0.3 is 0 Å². The number of hydrogen-bond acceptors (Lipinski definition) is 1. The molecule has 2 atom stereocenters. The highest BCUT2D eigenvalue weighted by Gasteiger charge is 2.25. The maximum Gasteiger partial charge on any atom is 0.251 e. The lowest BCUT2D eigenvalue weighted by Crippen LogP contribution is -2.42. The summed E-state index contributed by atoms with van der Waals surface area (Å²) in [7, 11) is 0. The lowest BCUT2D eigenvalue weighted by Gasteiger charge is -2.31. The zero-order chi connectivity index (χ0) is 13.0. The second kappa shape index (κ2) is 6.32. The molecule has 1 aromatic carbocycles. The Kier molecular flexibility index (Phi) is 4.75. The van der Waals surface area contributed by atoms with E-state index in [1.165, 1.54) is 18.6 Å². The minimum absolute atomic E-state index is 0.174. The first-order chi connectivity index (χ1) is 8.70. The fraction of sp³-hybridized carbons (Fsp3) is 0.500. The third-order valence-electron chi connectivity index (χ3n) is 3.51. The maximum atomic E-state index is 13.1. The monoisotopic (exact) mass is 313 g/mol. The van der Waals surface area contributed by atoms with Crippen LogP contribution in [0.1, 0.15) is 36.0 Å². The molecule has 18 heavy (non-hydrogen) atoms. The normalized spacial score (nSPS) is 23.7. The summed E-state index contributed by atoms with van der Waals surface area (Å²) in [6.07, 6.45) is 4.52. The molecule has 0 aromatic heterocycles. The van der Waals surface area contributed by atoms with E-state index >= 15 is 0 Å². The molecule has 1 aliphatic carbocycles. The molecule has 1 aromatic rings. The number of carbonyl (C=O) groups excluding carboxylic acids is 1. The highest BCUT2D eigenvalue weighted by atomic mass is 79.9. The van der Waals surface area contributed by atoms with Gasteiger partial charge in [0.2, 0.25) is 0 Å². The highest BCUT2D eigenvalue weighted by Crippen LogP contribution is 2.26. The molecule has 1 N–H and O–H groups in total. The molecule has 1 aliphatic rings. The Bertz CT molecular complexity index is 424. The number of amides is 1. The Morgan fingerprint density at radius 3 is 2.89 bits per heavy atom. The molecule has 98 valence electrons. The molecule has 2 nitrogen and oxygen atoms in total. The van der Waals surface area contributed by atoms with Gasteiger partial charge in [-0.15, -0.1) is 0 Å². The van der Waals surface area contributed by atoms with E-state index in [4.69, 9.17) is 0 Å². The molecular weight excluding hydrogens is 297 g/mol. The van der Waals surface area contributed by atoms with Crippen LogP contribution in [0, 0.1) is 11.7 Å². The van der Waals surface area contributed by atoms with Gasteiger partial charge in [-0.25, -0.2) is 4.39 Å². The number of rotatable bonds is 3. The molecule has 0 bridgehead atoms. The van der Waals surface area contributed by atoms with Gasteiger partial charge in [0.05, 0.1) is 0 Å². The van der Waals surface area contributed by atoms with Gasteiger partial charge in [0.1, 0.15) is 5.82 Å². The number of carbonyl (C=O) groups is 1. The molecule has 0 heterocycles. The van der Waals surface area contributed by atoms with Gasteiger partial charge in [0.15, 0.2) is 0 Å². The molecule has 2 unspecified atom stereocenters. The Hall–Kier alpha value is -0.900. The third-order valence-corrected chi connectivity index (χ3v) is 4.34. The molecule has 1 saturated carbocycles. The summed E-state index contributed by atoms with van der Waals surface area (Å²) >= 11 is 3.50. The van der Waals surface area contributed by atoms with Crippen LogP contribution in [0.5, 0.6) is 0 Å². The standard InChI is InChI=1S/C14H17BrFNO/c15-9-11-4-1-2-7-13(11)17-14(18)10-5-3-6-12(16)8-10/h3,5-6,8,11,13H,1-2,4,7,9H2,(H,17,18). The predicted octanol–water partition coefficient (Wildman–Crippen LogP) is 3.51. The topological polar surface area (TPSA) is 29.1 Å². The number of benzene rings is 1. The summed E-state index contributed by atoms with van der Waals surface area (Å²) in [4.78, 5) is 12.0. The van der Waals surface area contributed by atoms with E-state index in [0.717, 1.165) is 24.6 Å². The Balaban J connectivity index is 2.02. The second-order valence-electron chi connectivity index (χ2n) is 4.79. The second-order valence-corrected chi connectivity index (χ2v) is 5.44. The summed E-state index contributed by atoms with van der Waals surface area (Å²) in [5.41, 5.74) is 0.397. The fourth-order valence-corrected chi connectivity index (χ4v) is 3.24. The van der Waals surface area contributed by atoms with Crippen LogP contribution < -0.4 is 5.32 Å². The van der Waals surface area contributed by atoms with E-state index in [-0.39, 0.29) is 17.8 Å². The molecule has 0 aliphatic heterocycles. The van der Waals surface area contributed by atoms with Crippen molar-refractivity contribution in [3.63, 3.8) is 0 Å².